The average molecular weight is 278 g/mol. The fourth-order valence-corrected chi connectivity index (χ4v) is 2.14. The Hall–Kier alpha value is -1.62. The van der Waals surface area contributed by atoms with Crippen LogP contribution in [0.5, 0.6) is 0 Å². The van der Waals surface area contributed by atoms with Gasteiger partial charge in [-0.05, 0) is 33.0 Å². The van der Waals surface area contributed by atoms with Crippen LogP contribution in [-0.4, -0.2) is 48.0 Å². The molecule has 0 aromatic carbocycles. The van der Waals surface area contributed by atoms with Gasteiger partial charge in [-0.2, -0.15) is 0 Å². The maximum Gasteiger partial charge on any atom is 0.253 e. The third kappa shape index (κ3) is 4.81. The zero-order valence-electron chi connectivity index (χ0n) is 12.9. The summed E-state index contributed by atoms with van der Waals surface area (Å²) >= 11 is 0. The summed E-state index contributed by atoms with van der Waals surface area (Å²) in [5.74, 6) is -0.0528. The first-order chi connectivity index (χ1) is 9.62. The lowest BCUT2D eigenvalue weighted by molar-refractivity contribution is 0.0931. The maximum absolute atomic E-state index is 12.3. The van der Waals surface area contributed by atoms with Crippen LogP contribution in [-0.2, 0) is 0 Å². The molecule has 0 fully saturated rings. The molecule has 0 saturated carbocycles. The minimum absolute atomic E-state index is 0.0528. The number of pyridine rings is 1. The van der Waals surface area contributed by atoms with Crippen molar-refractivity contribution in [2.24, 2.45) is 0 Å². The molecule has 0 aliphatic heterocycles. The van der Waals surface area contributed by atoms with Crippen LogP contribution < -0.4 is 10.6 Å². The topological polar surface area (TPSA) is 57.3 Å². The van der Waals surface area contributed by atoms with Crippen LogP contribution in [0, 0.1) is 0 Å². The first-order valence-corrected chi connectivity index (χ1v) is 7.33. The molecule has 0 saturated heterocycles. The van der Waals surface area contributed by atoms with Gasteiger partial charge in [0.25, 0.3) is 5.91 Å². The molecule has 0 bridgehead atoms. The standard InChI is InChI=1S/C15H26N4O/c1-5-17-14-10-16-9-8-13(14)15(20)18-12(4)11-19(6-2)7-3/h8-10,12,17H,5-7,11H2,1-4H3,(H,18,20). The molecule has 1 rings (SSSR count). The predicted octanol–water partition coefficient (Wildman–Crippen LogP) is 1.97. The zero-order chi connectivity index (χ0) is 15.0. The van der Waals surface area contributed by atoms with E-state index in [0.29, 0.717) is 5.56 Å². The number of hydrogen-bond donors (Lipinski definition) is 2. The summed E-state index contributed by atoms with van der Waals surface area (Å²) in [5.41, 5.74) is 1.43. The molecule has 1 aromatic rings. The van der Waals surface area contributed by atoms with E-state index in [1.54, 1.807) is 18.5 Å². The molecule has 1 aromatic heterocycles. The Morgan fingerprint density at radius 2 is 2.05 bits per heavy atom. The van der Waals surface area contributed by atoms with Crippen molar-refractivity contribution in [1.29, 1.82) is 0 Å². The number of likely N-dealkylation sites (N-methyl/N-ethyl adjacent to an activating group) is 1. The van der Waals surface area contributed by atoms with Crippen LogP contribution in [0.25, 0.3) is 0 Å². The van der Waals surface area contributed by atoms with E-state index in [1.165, 1.54) is 0 Å². The quantitative estimate of drug-likeness (QED) is 0.763. The summed E-state index contributed by atoms with van der Waals surface area (Å²) in [6, 6.07) is 1.86. The minimum atomic E-state index is -0.0528. The van der Waals surface area contributed by atoms with Crippen molar-refractivity contribution in [2.45, 2.75) is 33.7 Å². The van der Waals surface area contributed by atoms with Crippen LogP contribution in [0.1, 0.15) is 38.1 Å². The van der Waals surface area contributed by atoms with Gasteiger partial charge in [-0.25, -0.2) is 0 Å². The van der Waals surface area contributed by atoms with E-state index >= 15 is 0 Å². The van der Waals surface area contributed by atoms with Gasteiger partial charge in [0.2, 0.25) is 0 Å². The van der Waals surface area contributed by atoms with Crippen molar-refractivity contribution in [2.75, 3.05) is 31.5 Å². The first-order valence-electron chi connectivity index (χ1n) is 7.33. The first kappa shape index (κ1) is 16.4. The fraction of sp³-hybridized carbons (Fsp3) is 0.600. The molecule has 1 heterocycles. The summed E-state index contributed by atoms with van der Waals surface area (Å²) in [6.07, 6.45) is 3.33. The number of nitrogens with one attached hydrogen (secondary N) is 2. The van der Waals surface area contributed by atoms with Gasteiger partial charge in [-0.15, -0.1) is 0 Å². The molecule has 1 unspecified atom stereocenters. The molecule has 112 valence electrons. The van der Waals surface area contributed by atoms with E-state index in [-0.39, 0.29) is 11.9 Å². The molecule has 0 radical (unpaired) electrons. The van der Waals surface area contributed by atoms with Crippen LogP contribution in [0.2, 0.25) is 0 Å². The number of rotatable bonds is 8. The van der Waals surface area contributed by atoms with E-state index in [9.17, 15) is 4.79 Å². The van der Waals surface area contributed by atoms with E-state index in [1.807, 2.05) is 13.8 Å². The monoisotopic (exact) mass is 278 g/mol. The Labute approximate surface area is 121 Å². The largest absolute Gasteiger partial charge is 0.383 e. The number of aromatic nitrogens is 1. The molecule has 0 spiro atoms. The second kappa shape index (κ2) is 8.53. The number of carbonyl (C=O) groups is 1. The zero-order valence-corrected chi connectivity index (χ0v) is 12.9. The van der Waals surface area contributed by atoms with E-state index in [4.69, 9.17) is 0 Å². The SMILES string of the molecule is CCNc1cnccc1C(=O)NC(C)CN(CC)CC. The van der Waals surface area contributed by atoms with Gasteiger partial charge >= 0.3 is 0 Å². The Bertz CT molecular complexity index is 418. The molecule has 0 aliphatic carbocycles. The number of nitrogens with zero attached hydrogens (tertiary/aromatic N) is 2. The normalized spacial score (nSPS) is 12.2. The van der Waals surface area contributed by atoms with Crippen molar-refractivity contribution < 1.29 is 4.79 Å². The summed E-state index contributed by atoms with van der Waals surface area (Å²) in [5, 5.41) is 6.21. The van der Waals surface area contributed by atoms with Crippen LogP contribution >= 0.6 is 0 Å². The van der Waals surface area contributed by atoms with Gasteiger partial charge in [0.05, 0.1) is 17.4 Å². The van der Waals surface area contributed by atoms with Crippen molar-refractivity contribution in [3.63, 3.8) is 0 Å². The number of carbonyl (C=O) groups excluding carboxylic acids is 1. The van der Waals surface area contributed by atoms with E-state index in [2.05, 4.69) is 34.4 Å². The Morgan fingerprint density at radius 1 is 1.35 bits per heavy atom. The van der Waals surface area contributed by atoms with Crippen molar-refractivity contribution >= 4 is 11.6 Å². The van der Waals surface area contributed by atoms with Gasteiger partial charge in [-0.3, -0.25) is 9.78 Å². The van der Waals surface area contributed by atoms with Crippen molar-refractivity contribution in [3.05, 3.63) is 24.0 Å². The molecule has 20 heavy (non-hydrogen) atoms. The predicted molar refractivity (Wildman–Crippen MR) is 83.1 cm³/mol. The summed E-state index contributed by atoms with van der Waals surface area (Å²) in [6.45, 7) is 11.9. The van der Waals surface area contributed by atoms with Gasteiger partial charge in [0.15, 0.2) is 0 Å². The van der Waals surface area contributed by atoms with Gasteiger partial charge in [-0.1, -0.05) is 13.8 Å². The van der Waals surface area contributed by atoms with E-state index < -0.39 is 0 Å². The van der Waals surface area contributed by atoms with Gasteiger partial charge in [0, 0.05) is 25.3 Å². The fourth-order valence-electron chi connectivity index (χ4n) is 2.14. The Morgan fingerprint density at radius 3 is 2.65 bits per heavy atom. The third-order valence-corrected chi connectivity index (χ3v) is 3.24. The number of amides is 1. The summed E-state index contributed by atoms with van der Waals surface area (Å²) in [4.78, 5) is 18.7. The molecule has 2 N–H and O–H groups in total. The highest BCUT2D eigenvalue weighted by Gasteiger charge is 2.14. The third-order valence-electron chi connectivity index (χ3n) is 3.24. The highest BCUT2D eigenvalue weighted by Crippen LogP contribution is 2.13. The Kier molecular flexibility index (Phi) is 7.01. The van der Waals surface area contributed by atoms with E-state index in [0.717, 1.165) is 31.9 Å². The second-order valence-electron chi connectivity index (χ2n) is 4.81. The molecule has 5 nitrogen and oxygen atoms in total. The molecule has 1 atom stereocenters. The molecule has 5 heteroatoms. The molecule has 1 amide bonds. The Balaban J connectivity index is 2.66. The van der Waals surface area contributed by atoms with Crippen molar-refractivity contribution in [1.82, 2.24) is 15.2 Å². The highest BCUT2D eigenvalue weighted by atomic mass is 16.1. The van der Waals surface area contributed by atoms with Gasteiger partial charge in [0.1, 0.15) is 0 Å². The van der Waals surface area contributed by atoms with Crippen LogP contribution in [0.15, 0.2) is 18.5 Å². The second-order valence-corrected chi connectivity index (χ2v) is 4.81. The summed E-state index contributed by atoms with van der Waals surface area (Å²) < 4.78 is 0. The number of hydrogen-bond acceptors (Lipinski definition) is 4. The number of anilines is 1. The molecular weight excluding hydrogens is 252 g/mol. The lowest BCUT2D eigenvalue weighted by atomic mass is 10.2. The molecule has 0 aliphatic rings. The summed E-state index contributed by atoms with van der Waals surface area (Å²) in [7, 11) is 0. The van der Waals surface area contributed by atoms with Crippen molar-refractivity contribution in [3.8, 4) is 0 Å². The van der Waals surface area contributed by atoms with Crippen LogP contribution in [0.3, 0.4) is 0 Å². The smallest absolute Gasteiger partial charge is 0.253 e. The van der Waals surface area contributed by atoms with Crippen LogP contribution in [0.4, 0.5) is 5.69 Å². The maximum atomic E-state index is 12.3. The average Bonchev–Trinajstić information content (AvgIpc) is 2.45. The lowest BCUT2D eigenvalue weighted by Gasteiger charge is -2.23. The van der Waals surface area contributed by atoms with Gasteiger partial charge < -0.3 is 15.5 Å². The molecular formula is C15H26N4O. The minimum Gasteiger partial charge on any atom is -0.383 e. The highest BCUT2D eigenvalue weighted by molar-refractivity contribution is 5.99. The lowest BCUT2D eigenvalue weighted by Crippen LogP contribution is -2.42.